The van der Waals surface area contributed by atoms with Crippen molar-refractivity contribution in [1.82, 2.24) is 5.32 Å². The molecule has 0 fully saturated rings. The quantitative estimate of drug-likeness (QED) is 0.702. The highest BCUT2D eigenvalue weighted by molar-refractivity contribution is 5.85. The van der Waals surface area contributed by atoms with Crippen molar-refractivity contribution in [2.45, 2.75) is 32.2 Å². The Kier molecular flexibility index (Phi) is 9.03. The van der Waals surface area contributed by atoms with Crippen LogP contribution in [0.15, 0.2) is 54.6 Å². The van der Waals surface area contributed by atoms with Crippen molar-refractivity contribution in [3.63, 3.8) is 0 Å². The predicted molar refractivity (Wildman–Crippen MR) is 104 cm³/mol. The number of halogens is 1. The molecule has 1 amide bonds. The minimum Gasteiger partial charge on any atom is -0.491 e. The van der Waals surface area contributed by atoms with Gasteiger partial charge in [-0.2, -0.15) is 0 Å². The summed E-state index contributed by atoms with van der Waals surface area (Å²) in [6.07, 6.45) is 0.270. The number of amides is 1. The molecule has 0 spiro atoms. The summed E-state index contributed by atoms with van der Waals surface area (Å²) in [6.45, 7) is 5.17. The zero-order valence-corrected chi connectivity index (χ0v) is 15.6. The van der Waals surface area contributed by atoms with Crippen LogP contribution in [0.2, 0.25) is 0 Å². The Morgan fingerprint density at radius 1 is 1.08 bits per heavy atom. The van der Waals surface area contributed by atoms with Crippen LogP contribution in [0.25, 0.3) is 0 Å². The molecule has 1 unspecified atom stereocenters. The summed E-state index contributed by atoms with van der Waals surface area (Å²) in [7, 11) is 0. The summed E-state index contributed by atoms with van der Waals surface area (Å²) >= 11 is 0. The summed E-state index contributed by atoms with van der Waals surface area (Å²) < 4.78 is 5.79. The van der Waals surface area contributed by atoms with Crippen LogP contribution in [0.4, 0.5) is 0 Å². The molecule has 0 aliphatic carbocycles. The van der Waals surface area contributed by atoms with Gasteiger partial charge in [-0.05, 0) is 23.1 Å². The van der Waals surface area contributed by atoms with Crippen LogP contribution in [-0.4, -0.2) is 19.1 Å². The van der Waals surface area contributed by atoms with Crippen molar-refractivity contribution in [2.24, 2.45) is 5.73 Å². The van der Waals surface area contributed by atoms with E-state index in [1.54, 1.807) is 0 Å². The van der Waals surface area contributed by atoms with Crippen molar-refractivity contribution in [2.75, 3.05) is 13.2 Å². The van der Waals surface area contributed by atoms with Gasteiger partial charge in [-0.1, -0.05) is 62.4 Å². The maximum atomic E-state index is 12.0. The van der Waals surface area contributed by atoms with E-state index in [1.807, 2.05) is 48.5 Å². The molecule has 2 rings (SSSR count). The molecule has 0 aliphatic heterocycles. The summed E-state index contributed by atoms with van der Waals surface area (Å²) in [5, 5.41) is 2.86. The summed E-state index contributed by atoms with van der Waals surface area (Å²) in [6, 6.07) is 17.4. The maximum Gasteiger partial charge on any atom is 0.222 e. The van der Waals surface area contributed by atoms with Gasteiger partial charge in [0.25, 0.3) is 0 Å². The van der Waals surface area contributed by atoms with Gasteiger partial charge in [0, 0.05) is 12.5 Å². The second-order valence-corrected chi connectivity index (χ2v) is 6.11. The van der Waals surface area contributed by atoms with Gasteiger partial charge >= 0.3 is 0 Å². The monoisotopic (exact) mass is 362 g/mol. The Bertz CT molecular complexity index is 647. The van der Waals surface area contributed by atoms with Gasteiger partial charge in [-0.3, -0.25) is 4.79 Å². The fourth-order valence-corrected chi connectivity index (χ4v) is 2.53. The van der Waals surface area contributed by atoms with Gasteiger partial charge in [-0.15, -0.1) is 12.4 Å². The molecule has 0 bridgehead atoms. The molecule has 25 heavy (non-hydrogen) atoms. The van der Waals surface area contributed by atoms with E-state index in [0.717, 1.165) is 11.3 Å². The second-order valence-electron chi connectivity index (χ2n) is 6.11. The molecule has 5 heteroatoms. The number of ether oxygens (including phenoxy) is 1. The lowest BCUT2D eigenvalue weighted by Gasteiger charge is -2.15. The number of carbonyl (C=O) groups excluding carboxylic acids is 1. The van der Waals surface area contributed by atoms with Crippen molar-refractivity contribution in [3.05, 3.63) is 65.7 Å². The van der Waals surface area contributed by atoms with E-state index >= 15 is 0 Å². The van der Waals surface area contributed by atoms with Gasteiger partial charge in [0.2, 0.25) is 5.91 Å². The van der Waals surface area contributed by atoms with Crippen LogP contribution in [-0.2, 0) is 4.79 Å². The van der Waals surface area contributed by atoms with Gasteiger partial charge in [0.15, 0.2) is 0 Å². The Labute approximate surface area is 156 Å². The minimum absolute atomic E-state index is 0. The Balaban J connectivity index is 0.00000312. The fraction of sp³-hybridized carbons (Fsp3) is 0.350. The van der Waals surface area contributed by atoms with Crippen molar-refractivity contribution in [1.29, 1.82) is 0 Å². The average Bonchev–Trinajstić information content (AvgIpc) is 2.59. The van der Waals surface area contributed by atoms with E-state index in [-0.39, 0.29) is 30.8 Å². The van der Waals surface area contributed by atoms with Crippen molar-refractivity contribution >= 4 is 18.3 Å². The number of para-hydroxylation sites is 1. The normalized spacial score (nSPS) is 11.5. The van der Waals surface area contributed by atoms with Crippen LogP contribution in [0.3, 0.4) is 0 Å². The number of hydrogen-bond acceptors (Lipinski definition) is 3. The standard InChI is InChI=1S/C20H26N2O2.ClH/c1-15(2)17-10-6-7-11-19(17)24-13-12-22-20(23)14-18(21)16-8-4-3-5-9-16;/h3-11,15,18H,12-14,21H2,1-2H3,(H,22,23);1H. The molecule has 2 aromatic carbocycles. The highest BCUT2D eigenvalue weighted by Crippen LogP contribution is 2.25. The molecule has 0 heterocycles. The van der Waals surface area contributed by atoms with E-state index in [4.69, 9.17) is 10.5 Å². The third kappa shape index (κ3) is 6.77. The summed E-state index contributed by atoms with van der Waals surface area (Å²) in [5.74, 6) is 1.22. The fourth-order valence-electron chi connectivity index (χ4n) is 2.53. The second kappa shape index (κ2) is 10.7. The van der Waals surface area contributed by atoms with E-state index in [1.165, 1.54) is 5.56 Å². The number of rotatable bonds is 8. The first-order chi connectivity index (χ1) is 11.6. The van der Waals surface area contributed by atoms with Crippen molar-refractivity contribution < 1.29 is 9.53 Å². The van der Waals surface area contributed by atoms with Crippen LogP contribution in [0, 0.1) is 0 Å². The first-order valence-electron chi connectivity index (χ1n) is 8.37. The lowest BCUT2D eigenvalue weighted by atomic mass is 10.0. The van der Waals surface area contributed by atoms with Gasteiger partial charge in [0.05, 0.1) is 6.54 Å². The molecule has 0 aliphatic rings. The minimum atomic E-state index is -0.284. The third-order valence-electron chi connectivity index (χ3n) is 3.86. The SMILES string of the molecule is CC(C)c1ccccc1OCCNC(=O)CC(N)c1ccccc1.Cl. The third-order valence-corrected chi connectivity index (χ3v) is 3.86. The Hall–Kier alpha value is -2.04. The lowest BCUT2D eigenvalue weighted by molar-refractivity contribution is -0.121. The Morgan fingerprint density at radius 3 is 2.40 bits per heavy atom. The summed E-state index contributed by atoms with van der Waals surface area (Å²) in [5.41, 5.74) is 8.20. The molecule has 1 atom stereocenters. The first kappa shape index (κ1) is 21.0. The number of carbonyl (C=O) groups is 1. The zero-order valence-electron chi connectivity index (χ0n) is 14.8. The maximum absolute atomic E-state index is 12.0. The number of benzene rings is 2. The molecule has 0 aromatic heterocycles. The summed E-state index contributed by atoms with van der Waals surface area (Å²) in [4.78, 5) is 12.0. The highest BCUT2D eigenvalue weighted by Gasteiger charge is 2.11. The molecular formula is C20H27ClN2O2. The Morgan fingerprint density at radius 2 is 1.72 bits per heavy atom. The molecule has 0 saturated heterocycles. The highest BCUT2D eigenvalue weighted by atomic mass is 35.5. The van der Waals surface area contributed by atoms with Crippen molar-refractivity contribution in [3.8, 4) is 5.75 Å². The predicted octanol–water partition coefficient (Wildman–Crippen LogP) is 3.82. The molecule has 0 saturated carbocycles. The van der Waals surface area contributed by atoms with E-state index in [0.29, 0.717) is 19.1 Å². The molecule has 0 radical (unpaired) electrons. The number of nitrogens with one attached hydrogen (secondary N) is 1. The smallest absolute Gasteiger partial charge is 0.222 e. The molecule has 4 nitrogen and oxygen atoms in total. The van der Waals surface area contributed by atoms with Gasteiger partial charge < -0.3 is 15.8 Å². The molecule has 136 valence electrons. The first-order valence-corrected chi connectivity index (χ1v) is 8.37. The van der Waals surface area contributed by atoms with Crippen LogP contribution in [0.5, 0.6) is 5.75 Å². The largest absolute Gasteiger partial charge is 0.491 e. The molecule has 3 N–H and O–H groups in total. The van der Waals surface area contributed by atoms with Crippen LogP contribution >= 0.6 is 12.4 Å². The van der Waals surface area contributed by atoms with Crippen LogP contribution in [0.1, 0.15) is 43.4 Å². The van der Waals surface area contributed by atoms with Crippen LogP contribution < -0.4 is 15.8 Å². The number of hydrogen-bond donors (Lipinski definition) is 2. The average molecular weight is 363 g/mol. The molecular weight excluding hydrogens is 336 g/mol. The molecule has 2 aromatic rings. The van der Waals surface area contributed by atoms with E-state index < -0.39 is 0 Å². The van der Waals surface area contributed by atoms with E-state index in [9.17, 15) is 4.79 Å². The lowest BCUT2D eigenvalue weighted by Crippen LogP contribution is -2.30. The van der Waals surface area contributed by atoms with Gasteiger partial charge in [0.1, 0.15) is 12.4 Å². The van der Waals surface area contributed by atoms with E-state index in [2.05, 4.69) is 25.2 Å². The number of nitrogens with two attached hydrogens (primary N) is 1. The topological polar surface area (TPSA) is 64.3 Å². The zero-order chi connectivity index (χ0) is 17.4. The van der Waals surface area contributed by atoms with Gasteiger partial charge in [-0.25, -0.2) is 0 Å².